The van der Waals surface area contributed by atoms with E-state index in [0.717, 1.165) is 6.42 Å². The summed E-state index contributed by atoms with van der Waals surface area (Å²) in [4.78, 5) is 0. The van der Waals surface area contributed by atoms with Gasteiger partial charge in [0.25, 0.3) is 0 Å². The van der Waals surface area contributed by atoms with Crippen molar-refractivity contribution in [2.24, 2.45) is 0 Å². The number of hydrogen-bond acceptors (Lipinski definition) is 0. The molecular formula is C8H17Cl3Sn. The molecule has 0 spiro atoms. The quantitative estimate of drug-likeness (QED) is 0.472. The fourth-order valence-corrected chi connectivity index (χ4v) is 4.75. The molecule has 0 nitrogen and oxygen atoms in total. The maximum absolute atomic E-state index is 5.94. The van der Waals surface area contributed by atoms with Crippen LogP contribution in [0.2, 0.25) is 3.93 Å². The minimum atomic E-state index is -3.08. The van der Waals surface area contributed by atoms with E-state index in [1.165, 1.54) is 25.7 Å². The van der Waals surface area contributed by atoms with Crippen LogP contribution >= 0.6 is 26.8 Å². The van der Waals surface area contributed by atoms with Crippen LogP contribution in [-0.4, -0.2) is 15.0 Å². The van der Waals surface area contributed by atoms with Gasteiger partial charge in [-0.05, 0) is 0 Å². The van der Waals surface area contributed by atoms with Crippen LogP contribution in [-0.2, 0) is 0 Å². The first-order valence-electron chi connectivity index (χ1n) is 4.55. The molecule has 0 bridgehead atoms. The molecule has 0 N–H and O–H groups in total. The number of unbranched alkanes of at least 4 members (excludes halogenated alkanes) is 3. The molecule has 1 atom stereocenters. The van der Waals surface area contributed by atoms with Crippen LogP contribution in [0, 0.1) is 0 Å². The van der Waals surface area contributed by atoms with Crippen molar-refractivity contribution in [3.8, 4) is 0 Å². The van der Waals surface area contributed by atoms with Crippen molar-refractivity contribution in [1.29, 1.82) is 0 Å². The van der Waals surface area contributed by atoms with Crippen molar-refractivity contribution in [3.05, 3.63) is 0 Å². The molecule has 0 amide bonds. The van der Waals surface area contributed by atoms with Crippen molar-refractivity contribution >= 4 is 41.8 Å². The molecule has 1 unspecified atom stereocenters. The third-order valence-electron chi connectivity index (χ3n) is 2.05. The number of hydrogen-bond donors (Lipinski definition) is 0. The minimum absolute atomic E-state index is 0.376. The second-order valence-electron chi connectivity index (χ2n) is 3.29. The fourth-order valence-electron chi connectivity index (χ4n) is 1.04. The molecular weight excluding hydrogens is 321 g/mol. The first-order valence-corrected chi connectivity index (χ1v) is 17.0. The SMILES string of the molecule is CCCCCC[CH](C)[Sn]([Cl])([Cl])[Cl]. The zero-order valence-corrected chi connectivity index (χ0v) is 12.9. The summed E-state index contributed by atoms with van der Waals surface area (Å²) < 4.78 is 0.376. The van der Waals surface area contributed by atoms with E-state index < -0.39 is 15.0 Å². The van der Waals surface area contributed by atoms with E-state index in [4.69, 9.17) is 26.8 Å². The summed E-state index contributed by atoms with van der Waals surface area (Å²) in [6.45, 7) is 4.28. The van der Waals surface area contributed by atoms with Gasteiger partial charge in [-0.25, -0.2) is 0 Å². The van der Waals surface area contributed by atoms with Crippen molar-refractivity contribution in [3.63, 3.8) is 0 Å². The van der Waals surface area contributed by atoms with Crippen molar-refractivity contribution in [2.75, 3.05) is 0 Å². The van der Waals surface area contributed by atoms with Crippen LogP contribution in [0.1, 0.15) is 46.0 Å². The predicted molar refractivity (Wildman–Crippen MR) is 61.5 cm³/mol. The molecule has 12 heavy (non-hydrogen) atoms. The van der Waals surface area contributed by atoms with E-state index in [0.29, 0.717) is 3.93 Å². The third-order valence-corrected chi connectivity index (χ3v) is 13.6. The average Bonchev–Trinajstić information content (AvgIpc) is 1.96. The van der Waals surface area contributed by atoms with Gasteiger partial charge in [0.15, 0.2) is 0 Å². The van der Waals surface area contributed by atoms with Gasteiger partial charge < -0.3 is 0 Å². The first kappa shape index (κ1) is 13.7. The zero-order chi connectivity index (χ0) is 9.61. The summed E-state index contributed by atoms with van der Waals surface area (Å²) in [5, 5.41) is 0. The molecule has 0 aliphatic heterocycles. The molecule has 0 heterocycles. The van der Waals surface area contributed by atoms with E-state index in [9.17, 15) is 0 Å². The van der Waals surface area contributed by atoms with Crippen LogP contribution < -0.4 is 0 Å². The molecule has 0 aromatic carbocycles. The van der Waals surface area contributed by atoms with E-state index in [-0.39, 0.29) is 0 Å². The molecule has 0 aromatic heterocycles. The van der Waals surface area contributed by atoms with Crippen molar-refractivity contribution < 1.29 is 0 Å². The van der Waals surface area contributed by atoms with Crippen LogP contribution in [0.15, 0.2) is 0 Å². The average molecular weight is 338 g/mol. The van der Waals surface area contributed by atoms with E-state index in [1.807, 2.05) is 0 Å². The van der Waals surface area contributed by atoms with Crippen molar-refractivity contribution in [2.45, 2.75) is 49.9 Å². The standard InChI is InChI=1S/C8H17.3ClH.Sn/c1-3-5-7-8-6-4-2;;;;/h3H,4-8H2,1-2H3;3*1H;/q;;;;+3/p-3. The van der Waals surface area contributed by atoms with Crippen LogP contribution in [0.4, 0.5) is 0 Å². The molecule has 0 fully saturated rings. The number of halogens is 3. The summed E-state index contributed by atoms with van der Waals surface area (Å²) in [5.41, 5.74) is 0. The number of rotatable bonds is 6. The second kappa shape index (κ2) is 7.03. The Balaban J connectivity index is 3.38. The van der Waals surface area contributed by atoms with Crippen molar-refractivity contribution in [1.82, 2.24) is 0 Å². The first-order chi connectivity index (χ1) is 5.48. The molecule has 0 rings (SSSR count). The molecule has 0 aromatic rings. The van der Waals surface area contributed by atoms with Gasteiger partial charge in [0.1, 0.15) is 0 Å². The molecule has 4 heteroatoms. The maximum atomic E-state index is 5.94. The van der Waals surface area contributed by atoms with Gasteiger partial charge in [0, 0.05) is 0 Å². The summed E-state index contributed by atoms with van der Waals surface area (Å²) in [6, 6.07) is 0. The van der Waals surface area contributed by atoms with Gasteiger partial charge >= 0.3 is 91.6 Å². The third kappa shape index (κ3) is 7.11. The molecule has 0 saturated heterocycles. The van der Waals surface area contributed by atoms with Crippen LogP contribution in [0.25, 0.3) is 0 Å². The van der Waals surface area contributed by atoms with Gasteiger partial charge in [-0.2, -0.15) is 0 Å². The van der Waals surface area contributed by atoms with Gasteiger partial charge in [-0.15, -0.1) is 0 Å². The second-order valence-corrected chi connectivity index (χ2v) is 25.1. The molecule has 0 saturated carbocycles. The Bertz CT molecular complexity index is 111. The van der Waals surface area contributed by atoms with Gasteiger partial charge in [0.2, 0.25) is 0 Å². The Morgan fingerprint density at radius 3 is 2.08 bits per heavy atom. The summed E-state index contributed by atoms with van der Waals surface area (Å²) in [5.74, 6) is 0. The topological polar surface area (TPSA) is 0 Å². The van der Waals surface area contributed by atoms with Gasteiger partial charge in [0.05, 0.1) is 0 Å². The molecule has 0 aliphatic rings. The Kier molecular flexibility index (Phi) is 8.00. The van der Waals surface area contributed by atoms with Gasteiger partial charge in [-0.3, -0.25) is 0 Å². The Morgan fingerprint density at radius 2 is 1.67 bits per heavy atom. The van der Waals surface area contributed by atoms with Gasteiger partial charge in [-0.1, -0.05) is 0 Å². The molecule has 74 valence electrons. The van der Waals surface area contributed by atoms with Crippen LogP contribution in [0.5, 0.6) is 0 Å². The monoisotopic (exact) mass is 338 g/mol. The van der Waals surface area contributed by atoms with Crippen LogP contribution in [0.3, 0.4) is 0 Å². The fraction of sp³-hybridized carbons (Fsp3) is 1.00. The predicted octanol–water partition coefficient (Wildman–Crippen LogP) is 5.00. The summed E-state index contributed by atoms with van der Waals surface area (Å²) in [7, 11) is 17.8. The van der Waals surface area contributed by atoms with E-state index in [2.05, 4.69) is 13.8 Å². The molecule has 0 aliphatic carbocycles. The summed E-state index contributed by atoms with van der Waals surface area (Å²) >= 11 is -3.08. The Labute approximate surface area is 91.0 Å². The zero-order valence-electron chi connectivity index (χ0n) is 7.75. The Hall–Kier alpha value is 1.67. The Morgan fingerprint density at radius 1 is 1.08 bits per heavy atom. The van der Waals surface area contributed by atoms with E-state index in [1.54, 1.807) is 0 Å². The normalized spacial score (nSPS) is 14.8. The van der Waals surface area contributed by atoms with E-state index >= 15 is 0 Å². The molecule has 0 radical (unpaired) electrons. The summed E-state index contributed by atoms with van der Waals surface area (Å²) in [6.07, 6.45) is 6.19.